The third-order valence-corrected chi connectivity index (χ3v) is 3.75. The van der Waals surface area contributed by atoms with Gasteiger partial charge in [0.2, 0.25) is 11.8 Å². The van der Waals surface area contributed by atoms with Crippen molar-refractivity contribution in [1.29, 1.82) is 0 Å². The van der Waals surface area contributed by atoms with Gasteiger partial charge in [-0.2, -0.15) is 0 Å². The molecule has 1 saturated heterocycles. The molecular formula is C14H27N3O2. The van der Waals surface area contributed by atoms with Gasteiger partial charge in [0.05, 0.1) is 0 Å². The Balaban J connectivity index is 2.15. The van der Waals surface area contributed by atoms with Crippen LogP contribution in [0, 0.1) is 5.92 Å². The van der Waals surface area contributed by atoms with Gasteiger partial charge in [0.1, 0.15) is 0 Å². The highest BCUT2D eigenvalue weighted by Crippen LogP contribution is 2.09. The summed E-state index contributed by atoms with van der Waals surface area (Å²) in [6.45, 7) is 4.76. The van der Waals surface area contributed by atoms with Crippen LogP contribution in [-0.2, 0) is 9.59 Å². The molecule has 0 spiro atoms. The third kappa shape index (κ3) is 6.05. The fourth-order valence-electron chi connectivity index (χ4n) is 2.34. The van der Waals surface area contributed by atoms with E-state index in [1.165, 1.54) is 6.42 Å². The molecule has 0 saturated carbocycles. The average molecular weight is 269 g/mol. The lowest BCUT2D eigenvalue weighted by Crippen LogP contribution is -2.38. The zero-order valence-electron chi connectivity index (χ0n) is 12.0. The number of carbonyl (C=O) groups is 2. The first-order valence-electron chi connectivity index (χ1n) is 7.42. The maximum Gasteiger partial charge on any atom is 0.224 e. The molecule has 3 N–H and O–H groups in total. The summed E-state index contributed by atoms with van der Waals surface area (Å²) in [6, 6.07) is 0. The number of nitrogens with two attached hydrogens (primary N) is 1. The SMILES string of the molecule is CCC(CN)CC(=O)NCCC(=O)N1CCCCC1. The summed E-state index contributed by atoms with van der Waals surface area (Å²) >= 11 is 0. The maximum absolute atomic E-state index is 11.9. The summed E-state index contributed by atoms with van der Waals surface area (Å²) < 4.78 is 0. The lowest BCUT2D eigenvalue weighted by Gasteiger charge is -2.26. The van der Waals surface area contributed by atoms with Gasteiger partial charge >= 0.3 is 0 Å². The topological polar surface area (TPSA) is 75.4 Å². The maximum atomic E-state index is 11.9. The number of hydrogen-bond acceptors (Lipinski definition) is 3. The van der Waals surface area contributed by atoms with Crippen LogP contribution in [0.1, 0.15) is 45.4 Å². The van der Waals surface area contributed by atoms with Gasteiger partial charge in [0.25, 0.3) is 0 Å². The monoisotopic (exact) mass is 269 g/mol. The second-order valence-corrected chi connectivity index (χ2v) is 5.26. The van der Waals surface area contributed by atoms with Crippen LogP contribution in [0.5, 0.6) is 0 Å². The number of hydrogen-bond donors (Lipinski definition) is 2. The molecule has 5 heteroatoms. The number of rotatable bonds is 7. The van der Waals surface area contributed by atoms with Gasteiger partial charge in [-0.3, -0.25) is 9.59 Å². The van der Waals surface area contributed by atoms with Gasteiger partial charge in [0.15, 0.2) is 0 Å². The van der Waals surface area contributed by atoms with Crippen molar-refractivity contribution in [3.8, 4) is 0 Å². The molecule has 2 amide bonds. The van der Waals surface area contributed by atoms with Crippen molar-refractivity contribution in [3.63, 3.8) is 0 Å². The first kappa shape index (κ1) is 16.0. The van der Waals surface area contributed by atoms with Crippen molar-refractivity contribution >= 4 is 11.8 Å². The fourth-order valence-corrected chi connectivity index (χ4v) is 2.34. The lowest BCUT2D eigenvalue weighted by molar-refractivity contribution is -0.132. The van der Waals surface area contributed by atoms with Crippen molar-refractivity contribution in [1.82, 2.24) is 10.2 Å². The van der Waals surface area contributed by atoms with Gasteiger partial charge in [-0.05, 0) is 31.7 Å². The van der Waals surface area contributed by atoms with Crippen LogP contribution in [-0.4, -0.2) is 42.9 Å². The molecule has 0 aromatic rings. The van der Waals surface area contributed by atoms with Crippen LogP contribution in [0.2, 0.25) is 0 Å². The largest absolute Gasteiger partial charge is 0.356 e. The molecule has 5 nitrogen and oxygen atoms in total. The molecule has 1 fully saturated rings. The zero-order chi connectivity index (χ0) is 14.1. The highest BCUT2D eigenvalue weighted by Gasteiger charge is 2.16. The Morgan fingerprint density at radius 1 is 1.26 bits per heavy atom. The molecular weight excluding hydrogens is 242 g/mol. The van der Waals surface area contributed by atoms with E-state index in [0.29, 0.717) is 25.9 Å². The predicted octanol–water partition coefficient (Wildman–Crippen LogP) is 0.880. The van der Waals surface area contributed by atoms with Gasteiger partial charge in [-0.15, -0.1) is 0 Å². The number of nitrogens with one attached hydrogen (secondary N) is 1. The molecule has 1 rings (SSSR count). The summed E-state index contributed by atoms with van der Waals surface area (Å²) in [7, 11) is 0. The number of piperidine rings is 1. The van der Waals surface area contributed by atoms with E-state index in [9.17, 15) is 9.59 Å². The van der Waals surface area contributed by atoms with Crippen molar-refractivity contribution in [3.05, 3.63) is 0 Å². The Morgan fingerprint density at radius 2 is 1.95 bits per heavy atom. The van der Waals surface area contributed by atoms with E-state index in [-0.39, 0.29) is 17.7 Å². The number of nitrogens with zero attached hydrogens (tertiary/aromatic N) is 1. The van der Waals surface area contributed by atoms with Crippen LogP contribution in [0.25, 0.3) is 0 Å². The smallest absolute Gasteiger partial charge is 0.224 e. The van der Waals surface area contributed by atoms with E-state index in [4.69, 9.17) is 5.73 Å². The minimum Gasteiger partial charge on any atom is -0.356 e. The summed E-state index contributed by atoms with van der Waals surface area (Å²) in [5, 5.41) is 2.81. The highest BCUT2D eigenvalue weighted by atomic mass is 16.2. The van der Waals surface area contributed by atoms with Crippen molar-refractivity contribution in [2.45, 2.75) is 45.4 Å². The molecule has 0 radical (unpaired) electrons. The molecule has 0 bridgehead atoms. The van der Waals surface area contributed by atoms with Gasteiger partial charge in [-0.25, -0.2) is 0 Å². The summed E-state index contributed by atoms with van der Waals surface area (Å²) in [6.07, 6.45) is 5.21. The first-order chi connectivity index (χ1) is 9.17. The summed E-state index contributed by atoms with van der Waals surface area (Å²) in [5.41, 5.74) is 5.57. The molecule has 0 aromatic carbocycles. The predicted molar refractivity (Wildman–Crippen MR) is 75.5 cm³/mol. The van der Waals surface area contributed by atoms with Gasteiger partial charge < -0.3 is 16.0 Å². The second kappa shape index (κ2) is 8.91. The second-order valence-electron chi connectivity index (χ2n) is 5.26. The third-order valence-electron chi connectivity index (χ3n) is 3.75. The molecule has 1 atom stereocenters. The minimum absolute atomic E-state index is 0.00347. The fraction of sp³-hybridized carbons (Fsp3) is 0.857. The minimum atomic E-state index is 0.00347. The van der Waals surface area contributed by atoms with E-state index in [1.807, 2.05) is 11.8 Å². The Hall–Kier alpha value is -1.10. The highest BCUT2D eigenvalue weighted by molar-refractivity contribution is 5.79. The summed E-state index contributed by atoms with van der Waals surface area (Å²) in [5.74, 6) is 0.410. The Labute approximate surface area is 115 Å². The quantitative estimate of drug-likeness (QED) is 0.720. The molecule has 19 heavy (non-hydrogen) atoms. The standard InChI is InChI=1S/C14H27N3O2/c1-2-12(11-15)10-13(18)16-7-6-14(19)17-8-4-3-5-9-17/h12H,2-11,15H2,1H3,(H,16,18). The van der Waals surface area contributed by atoms with E-state index in [0.717, 1.165) is 32.4 Å². The Morgan fingerprint density at radius 3 is 2.53 bits per heavy atom. The molecule has 0 aliphatic carbocycles. The van der Waals surface area contributed by atoms with Crippen molar-refractivity contribution in [2.75, 3.05) is 26.2 Å². The lowest BCUT2D eigenvalue weighted by atomic mass is 10.0. The van der Waals surface area contributed by atoms with Crippen LogP contribution in [0.4, 0.5) is 0 Å². The van der Waals surface area contributed by atoms with E-state index >= 15 is 0 Å². The van der Waals surface area contributed by atoms with Crippen LogP contribution in [0.15, 0.2) is 0 Å². The molecule has 110 valence electrons. The molecule has 0 aromatic heterocycles. The van der Waals surface area contributed by atoms with Crippen molar-refractivity contribution in [2.24, 2.45) is 11.7 Å². The summed E-state index contributed by atoms with van der Waals surface area (Å²) in [4.78, 5) is 25.4. The zero-order valence-corrected chi connectivity index (χ0v) is 12.0. The van der Waals surface area contributed by atoms with Gasteiger partial charge in [-0.1, -0.05) is 13.3 Å². The molecule has 1 unspecified atom stereocenters. The Kier molecular flexibility index (Phi) is 7.48. The van der Waals surface area contributed by atoms with E-state index in [2.05, 4.69) is 5.32 Å². The molecule has 1 aliphatic heterocycles. The number of likely N-dealkylation sites (tertiary alicyclic amines) is 1. The van der Waals surface area contributed by atoms with E-state index in [1.54, 1.807) is 0 Å². The van der Waals surface area contributed by atoms with Crippen LogP contribution >= 0.6 is 0 Å². The van der Waals surface area contributed by atoms with E-state index < -0.39 is 0 Å². The van der Waals surface area contributed by atoms with Gasteiger partial charge in [0, 0.05) is 32.5 Å². The average Bonchev–Trinajstić information content (AvgIpc) is 2.45. The number of amides is 2. The Bertz CT molecular complexity index is 284. The molecule has 1 heterocycles. The first-order valence-corrected chi connectivity index (χ1v) is 7.42. The van der Waals surface area contributed by atoms with Crippen LogP contribution < -0.4 is 11.1 Å². The van der Waals surface area contributed by atoms with Crippen molar-refractivity contribution < 1.29 is 9.59 Å². The number of carbonyl (C=O) groups excluding carboxylic acids is 2. The van der Waals surface area contributed by atoms with Crippen LogP contribution in [0.3, 0.4) is 0 Å². The molecule has 1 aliphatic rings. The normalized spacial score (nSPS) is 17.1.